The summed E-state index contributed by atoms with van der Waals surface area (Å²) in [5.74, 6) is 0.666. The van der Waals surface area contributed by atoms with Crippen molar-refractivity contribution in [1.82, 2.24) is 4.90 Å². The van der Waals surface area contributed by atoms with E-state index in [9.17, 15) is 5.11 Å². The highest BCUT2D eigenvalue weighted by Gasteiger charge is 2.23. The van der Waals surface area contributed by atoms with Crippen LogP contribution in [0.25, 0.3) is 0 Å². The van der Waals surface area contributed by atoms with Gasteiger partial charge in [-0.1, -0.05) is 11.6 Å². The fourth-order valence-electron chi connectivity index (χ4n) is 2.47. The number of hydrogen-bond donors (Lipinski definition) is 1. The largest absolute Gasteiger partial charge is 0.490 e. The lowest BCUT2D eigenvalue weighted by Crippen LogP contribution is -2.47. The number of nitrogens with zero attached hydrogens (tertiary/aromatic N) is 1. The number of aliphatic hydroxyl groups excluding tert-OH is 1. The standard InChI is InChI=1S/C16H24ClNO3/c1-11(2)18-6-7-20-14(9-18)10-21-16-5-4-13(17)8-15(16)12(3)19/h4-5,8,11-12,14,19H,6-7,9-10H2,1-3H3/t12-,14?/m1/s1. The average Bonchev–Trinajstić information content (AvgIpc) is 2.46. The molecule has 0 bridgehead atoms. The van der Waals surface area contributed by atoms with Crippen molar-refractivity contribution in [2.24, 2.45) is 0 Å². The quantitative estimate of drug-likeness (QED) is 0.907. The zero-order valence-corrected chi connectivity index (χ0v) is 13.6. The van der Waals surface area contributed by atoms with Crippen LogP contribution in [-0.4, -0.2) is 48.5 Å². The summed E-state index contributed by atoms with van der Waals surface area (Å²) in [5.41, 5.74) is 0.707. The zero-order chi connectivity index (χ0) is 15.4. The third-order valence-corrected chi connectivity index (χ3v) is 3.98. The second-order valence-corrected chi connectivity index (χ2v) is 6.19. The highest BCUT2D eigenvalue weighted by Crippen LogP contribution is 2.28. The highest BCUT2D eigenvalue weighted by molar-refractivity contribution is 6.30. The summed E-state index contributed by atoms with van der Waals surface area (Å²) >= 11 is 5.97. The van der Waals surface area contributed by atoms with Gasteiger partial charge < -0.3 is 14.6 Å². The van der Waals surface area contributed by atoms with Gasteiger partial charge in [0.05, 0.1) is 12.7 Å². The van der Waals surface area contributed by atoms with Crippen LogP contribution in [0.4, 0.5) is 0 Å². The molecular formula is C16H24ClNO3. The zero-order valence-electron chi connectivity index (χ0n) is 12.9. The lowest BCUT2D eigenvalue weighted by atomic mass is 10.1. The molecule has 0 spiro atoms. The van der Waals surface area contributed by atoms with E-state index in [-0.39, 0.29) is 6.10 Å². The summed E-state index contributed by atoms with van der Waals surface area (Å²) in [7, 11) is 0. The van der Waals surface area contributed by atoms with Gasteiger partial charge in [-0.3, -0.25) is 4.90 Å². The van der Waals surface area contributed by atoms with Crippen LogP contribution in [0.3, 0.4) is 0 Å². The molecule has 0 aromatic heterocycles. The van der Waals surface area contributed by atoms with Crippen molar-refractivity contribution < 1.29 is 14.6 Å². The first kappa shape index (κ1) is 16.6. The van der Waals surface area contributed by atoms with Crippen molar-refractivity contribution in [3.05, 3.63) is 28.8 Å². The molecule has 2 atom stereocenters. The number of ether oxygens (including phenoxy) is 2. The number of halogens is 1. The Balaban J connectivity index is 1.96. The molecular weight excluding hydrogens is 290 g/mol. The Bertz CT molecular complexity index is 465. The van der Waals surface area contributed by atoms with Gasteiger partial charge in [0.2, 0.25) is 0 Å². The summed E-state index contributed by atoms with van der Waals surface area (Å²) < 4.78 is 11.6. The van der Waals surface area contributed by atoms with Crippen molar-refractivity contribution in [3.63, 3.8) is 0 Å². The van der Waals surface area contributed by atoms with Gasteiger partial charge in [0.15, 0.2) is 0 Å². The molecule has 1 saturated heterocycles. The molecule has 0 saturated carbocycles. The van der Waals surface area contributed by atoms with E-state index in [1.165, 1.54) is 0 Å². The van der Waals surface area contributed by atoms with E-state index in [1.54, 1.807) is 25.1 Å². The Labute approximate surface area is 131 Å². The van der Waals surface area contributed by atoms with Gasteiger partial charge in [-0.25, -0.2) is 0 Å². The van der Waals surface area contributed by atoms with Gasteiger partial charge in [-0.15, -0.1) is 0 Å². The van der Waals surface area contributed by atoms with Crippen LogP contribution < -0.4 is 4.74 Å². The molecule has 1 fully saturated rings. The van der Waals surface area contributed by atoms with Gasteiger partial charge in [0.1, 0.15) is 18.5 Å². The van der Waals surface area contributed by atoms with Crippen LogP contribution in [0, 0.1) is 0 Å². The summed E-state index contributed by atoms with van der Waals surface area (Å²) in [4.78, 5) is 2.38. The topological polar surface area (TPSA) is 41.9 Å². The lowest BCUT2D eigenvalue weighted by molar-refractivity contribution is -0.0567. The molecule has 1 aromatic rings. The minimum absolute atomic E-state index is 0.0543. The summed E-state index contributed by atoms with van der Waals surface area (Å²) in [6, 6.07) is 5.82. The van der Waals surface area contributed by atoms with E-state index in [0.717, 1.165) is 19.7 Å². The first-order chi connectivity index (χ1) is 9.97. The Morgan fingerprint density at radius 2 is 2.19 bits per heavy atom. The maximum atomic E-state index is 9.80. The smallest absolute Gasteiger partial charge is 0.125 e. The number of benzene rings is 1. The minimum atomic E-state index is -0.613. The monoisotopic (exact) mass is 313 g/mol. The van der Waals surface area contributed by atoms with E-state index in [0.29, 0.717) is 29.0 Å². The predicted octanol–water partition coefficient (Wildman–Crippen LogP) is 2.88. The predicted molar refractivity (Wildman–Crippen MR) is 84.0 cm³/mol. The third kappa shape index (κ3) is 4.58. The molecule has 4 nitrogen and oxygen atoms in total. The molecule has 2 rings (SSSR count). The van der Waals surface area contributed by atoms with E-state index in [4.69, 9.17) is 21.1 Å². The Kier molecular flexibility index (Phi) is 5.88. The number of hydrogen-bond acceptors (Lipinski definition) is 4. The molecule has 0 aliphatic carbocycles. The fourth-order valence-corrected chi connectivity index (χ4v) is 2.65. The molecule has 0 amide bonds. The maximum Gasteiger partial charge on any atom is 0.125 e. The summed E-state index contributed by atoms with van der Waals surface area (Å²) in [5, 5.41) is 10.4. The van der Waals surface area contributed by atoms with Crippen LogP contribution in [-0.2, 0) is 4.74 Å². The van der Waals surface area contributed by atoms with Crippen molar-refractivity contribution >= 4 is 11.6 Å². The second kappa shape index (κ2) is 7.45. The van der Waals surface area contributed by atoms with Crippen LogP contribution in [0.5, 0.6) is 5.75 Å². The van der Waals surface area contributed by atoms with E-state index < -0.39 is 6.10 Å². The van der Waals surface area contributed by atoms with E-state index in [2.05, 4.69) is 18.7 Å². The average molecular weight is 314 g/mol. The van der Waals surface area contributed by atoms with Crippen LogP contribution in [0.1, 0.15) is 32.4 Å². The molecule has 1 aliphatic heterocycles. The van der Waals surface area contributed by atoms with Gasteiger partial charge >= 0.3 is 0 Å². The first-order valence-electron chi connectivity index (χ1n) is 7.43. The summed E-state index contributed by atoms with van der Waals surface area (Å²) in [6.07, 6.45) is -0.559. The number of aliphatic hydroxyl groups is 1. The second-order valence-electron chi connectivity index (χ2n) is 5.75. The van der Waals surface area contributed by atoms with Gasteiger partial charge in [-0.05, 0) is 39.0 Å². The Morgan fingerprint density at radius 1 is 1.43 bits per heavy atom. The molecule has 1 aromatic carbocycles. The van der Waals surface area contributed by atoms with E-state index in [1.807, 2.05) is 0 Å². The highest BCUT2D eigenvalue weighted by atomic mass is 35.5. The van der Waals surface area contributed by atoms with Crippen LogP contribution >= 0.6 is 11.6 Å². The van der Waals surface area contributed by atoms with Crippen molar-refractivity contribution in [2.45, 2.75) is 39.0 Å². The Morgan fingerprint density at radius 3 is 2.86 bits per heavy atom. The molecule has 5 heteroatoms. The third-order valence-electron chi connectivity index (χ3n) is 3.75. The van der Waals surface area contributed by atoms with Crippen LogP contribution in [0.15, 0.2) is 18.2 Å². The summed E-state index contributed by atoms with van der Waals surface area (Å²) in [6.45, 7) is 9.13. The van der Waals surface area contributed by atoms with Crippen LogP contribution in [0.2, 0.25) is 5.02 Å². The van der Waals surface area contributed by atoms with Crippen molar-refractivity contribution in [1.29, 1.82) is 0 Å². The normalized spacial score (nSPS) is 21.5. The Hall–Kier alpha value is -0.810. The molecule has 21 heavy (non-hydrogen) atoms. The number of rotatable bonds is 5. The molecule has 1 N–H and O–H groups in total. The molecule has 1 aliphatic rings. The lowest BCUT2D eigenvalue weighted by Gasteiger charge is -2.35. The maximum absolute atomic E-state index is 9.80. The van der Waals surface area contributed by atoms with Crippen molar-refractivity contribution in [3.8, 4) is 5.75 Å². The SMILES string of the molecule is CC(C)N1CCOC(COc2ccc(Cl)cc2[C@@H](C)O)C1. The minimum Gasteiger partial charge on any atom is -0.490 e. The number of morpholine rings is 1. The molecule has 118 valence electrons. The fraction of sp³-hybridized carbons (Fsp3) is 0.625. The first-order valence-corrected chi connectivity index (χ1v) is 7.81. The van der Waals surface area contributed by atoms with Crippen molar-refractivity contribution in [2.75, 3.05) is 26.3 Å². The molecule has 0 radical (unpaired) electrons. The van der Waals surface area contributed by atoms with Gasteiger partial charge in [0.25, 0.3) is 0 Å². The molecule has 1 unspecified atom stereocenters. The van der Waals surface area contributed by atoms with E-state index >= 15 is 0 Å². The molecule has 1 heterocycles. The van der Waals surface area contributed by atoms with Gasteiger partial charge in [0, 0.05) is 29.7 Å². The van der Waals surface area contributed by atoms with Gasteiger partial charge in [-0.2, -0.15) is 0 Å².